The number of halogens is 1. The maximum absolute atomic E-state index is 13.4. The molecule has 0 aromatic heterocycles. The fourth-order valence-electron chi connectivity index (χ4n) is 2.35. The number of hydrogen-bond acceptors (Lipinski definition) is 4. The molecule has 5 nitrogen and oxygen atoms in total. The summed E-state index contributed by atoms with van der Waals surface area (Å²) in [5.74, 6) is -0.390. The number of benzene rings is 2. The highest BCUT2D eigenvalue weighted by Crippen LogP contribution is 2.12. The summed E-state index contributed by atoms with van der Waals surface area (Å²) in [6.45, 7) is -0.0537. The lowest BCUT2D eigenvalue weighted by Crippen LogP contribution is -2.30. The SMILES string of the molecule is COc1ccc(CCC(=O)OCC(=O)NCCc2ccccc2F)cc1. The zero-order chi connectivity index (χ0) is 18.8. The highest BCUT2D eigenvalue weighted by atomic mass is 19.1. The fraction of sp³-hybridized carbons (Fsp3) is 0.300. The Kier molecular flexibility index (Phi) is 7.61. The van der Waals surface area contributed by atoms with Crippen molar-refractivity contribution in [1.29, 1.82) is 0 Å². The molecule has 0 aliphatic carbocycles. The molecule has 0 heterocycles. The summed E-state index contributed by atoms with van der Waals surface area (Å²) in [6, 6.07) is 13.8. The monoisotopic (exact) mass is 359 g/mol. The van der Waals surface area contributed by atoms with Crippen LogP contribution in [0.15, 0.2) is 48.5 Å². The van der Waals surface area contributed by atoms with Gasteiger partial charge in [-0.3, -0.25) is 9.59 Å². The van der Waals surface area contributed by atoms with E-state index in [9.17, 15) is 14.0 Å². The van der Waals surface area contributed by atoms with Crippen LogP contribution in [0.4, 0.5) is 4.39 Å². The second kappa shape index (κ2) is 10.2. The van der Waals surface area contributed by atoms with Gasteiger partial charge >= 0.3 is 5.97 Å². The first-order valence-corrected chi connectivity index (χ1v) is 8.37. The molecule has 0 radical (unpaired) electrons. The first-order chi connectivity index (χ1) is 12.6. The first-order valence-electron chi connectivity index (χ1n) is 8.37. The number of carbonyl (C=O) groups excluding carboxylic acids is 2. The molecule has 2 aromatic rings. The highest BCUT2D eigenvalue weighted by molar-refractivity contribution is 5.80. The highest BCUT2D eigenvalue weighted by Gasteiger charge is 2.08. The number of ether oxygens (including phenoxy) is 2. The van der Waals surface area contributed by atoms with Gasteiger partial charge in [-0.05, 0) is 42.2 Å². The van der Waals surface area contributed by atoms with Crippen molar-refractivity contribution in [3.8, 4) is 5.75 Å². The van der Waals surface area contributed by atoms with Crippen LogP contribution in [0.3, 0.4) is 0 Å². The Hall–Kier alpha value is -2.89. The van der Waals surface area contributed by atoms with Crippen LogP contribution in [0.5, 0.6) is 5.75 Å². The lowest BCUT2D eigenvalue weighted by Gasteiger charge is -2.07. The van der Waals surface area contributed by atoms with E-state index in [2.05, 4.69) is 5.32 Å². The van der Waals surface area contributed by atoms with Gasteiger partial charge in [-0.25, -0.2) is 4.39 Å². The van der Waals surface area contributed by atoms with Crippen molar-refractivity contribution in [2.75, 3.05) is 20.3 Å². The molecule has 2 rings (SSSR count). The molecule has 0 atom stereocenters. The third kappa shape index (κ3) is 6.55. The van der Waals surface area contributed by atoms with Crippen LogP contribution < -0.4 is 10.1 Å². The summed E-state index contributed by atoms with van der Waals surface area (Å²) in [7, 11) is 1.59. The molecule has 1 amide bonds. The molecule has 0 saturated carbocycles. The normalized spacial score (nSPS) is 10.2. The predicted molar refractivity (Wildman–Crippen MR) is 95.4 cm³/mol. The minimum absolute atomic E-state index is 0.189. The molecular weight excluding hydrogens is 337 g/mol. The van der Waals surface area contributed by atoms with E-state index in [4.69, 9.17) is 9.47 Å². The summed E-state index contributed by atoms with van der Waals surface area (Å²) < 4.78 is 23.5. The molecule has 26 heavy (non-hydrogen) atoms. The number of aryl methyl sites for hydroxylation is 1. The summed E-state index contributed by atoms with van der Waals surface area (Å²) in [6.07, 6.45) is 1.09. The van der Waals surface area contributed by atoms with Gasteiger partial charge in [0.1, 0.15) is 11.6 Å². The molecule has 0 bridgehead atoms. The predicted octanol–water partition coefficient (Wildman–Crippen LogP) is 2.67. The lowest BCUT2D eigenvalue weighted by atomic mass is 10.1. The number of esters is 1. The maximum Gasteiger partial charge on any atom is 0.306 e. The molecule has 0 fully saturated rings. The van der Waals surface area contributed by atoms with E-state index in [0.717, 1.165) is 11.3 Å². The van der Waals surface area contributed by atoms with Crippen LogP contribution in [-0.4, -0.2) is 32.1 Å². The molecule has 0 aliphatic heterocycles. The summed E-state index contributed by atoms with van der Waals surface area (Å²) >= 11 is 0. The second-order valence-electron chi connectivity index (χ2n) is 5.70. The van der Waals surface area contributed by atoms with E-state index in [-0.39, 0.29) is 25.4 Å². The van der Waals surface area contributed by atoms with Crippen molar-refractivity contribution in [2.45, 2.75) is 19.3 Å². The number of methoxy groups -OCH3 is 1. The number of rotatable bonds is 9. The van der Waals surface area contributed by atoms with Crippen LogP contribution in [-0.2, 0) is 27.2 Å². The van der Waals surface area contributed by atoms with E-state index in [1.807, 2.05) is 24.3 Å². The quantitative estimate of drug-likeness (QED) is 0.699. The summed E-state index contributed by atoms with van der Waals surface area (Å²) in [4.78, 5) is 23.4. The van der Waals surface area contributed by atoms with Gasteiger partial charge in [0.25, 0.3) is 5.91 Å². The fourth-order valence-corrected chi connectivity index (χ4v) is 2.35. The Morgan fingerprint density at radius 2 is 1.77 bits per heavy atom. The standard InChI is InChI=1S/C20H22FNO4/c1-25-17-9-6-15(7-10-17)8-11-20(24)26-14-19(23)22-13-12-16-4-2-3-5-18(16)21/h2-7,9-10H,8,11-14H2,1H3,(H,22,23). The number of hydrogen-bond donors (Lipinski definition) is 1. The largest absolute Gasteiger partial charge is 0.497 e. The van der Waals surface area contributed by atoms with Gasteiger partial charge in [0, 0.05) is 13.0 Å². The van der Waals surface area contributed by atoms with E-state index < -0.39 is 11.9 Å². The Morgan fingerprint density at radius 1 is 1.04 bits per heavy atom. The van der Waals surface area contributed by atoms with E-state index in [1.165, 1.54) is 6.07 Å². The van der Waals surface area contributed by atoms with E-state index in [0.29, 0.717) is 18.4 Å². The zero-order valence-corrected chi connectivity index (χ0v) is 14.7. The van der Waals surface area contributed by atoms with Crippen LogP contribution in [0.1, 0.15) is 17.5 Å². The van der Waals surface area contributed by atoms with Gasteiger partial charge in [0.2, 0.25) is 0 Å². The molecule has 6 heteroatoms. The van der Waals surface area contributed by atoms with Crippen LogP contribution in [0, 0.1) is 5.82 Å². The van der Waals surface area contributed by atoms with Gasteiger partial charge < -0.3 is 14.8 Å². The molecule has 0 saturated heterocycles. The van der Waals surface area contributed by atoms with Crippen molar-refractivity contribution in [3.05, 3.63) is 65.5 Å². The Labute approximate surface area is 152 Å². The van der Waals surface area contributed by atoms with Crippen molar-refractivity contribution in [2.24, 2.45) is 0 Å². The minimum atomic E-state index is -0.440. The Morgan fingerprint density at radius 3 is 2.46 bits per heavy atom. The van der Waals surface area contributed by atoms with Gasteiger partial charge in [0.15, 0.2) is 6.61 Å². The number of carbonyl (C=O) groups is 2. The molecule has 0 unspecified atom stereocenters. The molecule has 1 N–H and O–H groups in total. The third-order valence-corrected chi connectivity index (χ3v) is 3.82. The summed E-state index contributed by atoms with van der Waals surface area (Å²) in [5, 5.41) is 2.60. The first kappa shape index (κ1) is 19.4. The minimum Gasteiger partial charge on any atom is -0.497 e. The van der Waals surface area contributed by atoms with Gasteiger partial charge in [0.05, 0.1) is 7.11 Å². The van der Waals surface area contributed by atoms with Gasteiger partial charge in [-0.15, -0.1) is 0 Å². The summed E-state index contributed by atoms with van der Waals surface area (Å²) in [5.41, 5.74) is 1.52. The lowest BCUT2D eigenvalue weighted by molar-refractivity contribution is -0.148. The number of amides is 1. The van der Waals surface area contributed by atoms with Crippen LogP contribution in [0.25, 0.3) is 0 Å². The van der Waals surface area contributed by atoms with Crippen molar-refractivity contribution < 1.29 is 23.5 Å². The van der Waals surface area contributed by atoms with Crippen molar-refractivity contribution in [1.82, 2.24) is 5.32 Å². The average Bonchev–Trinajstić information content (AvgIpc) is 2.66. The smallest absolute Gasteiger partial charge is 0.306 e. The molecule has 0 spiro atoms. The maximum atomic E-state index is 13.4. The van der Waals surface area contributed by atoms with Crippen molar-refractivity contribution >= 4 is 11.9 Å². The topological polar surface area (TPSA) is 64.6 Å². The van der Waals surface area contributed by atoms with E-state index in [1.54, 1.807) is 25.3 Å². The molecule has 138 valence electrons. The molecule has 2 aromatic carbocycles. The second-order valence-corrected chi connectivity index (χ2v) is 5.70. The average molecular weight is 359 g/mol. The molecular formula is C20H22FNO4. The van der Waals surface area contributed by atoms with Gasteiger partial charge in [-0.2, -0.15) is 0 Å². The van der Waals surface area contributed by atoms with Crippen LogP contribution >= 0.6 is 0 Å². The molecule has 0 aliphatic rings. The zero-order valence-electron chi connectivity index (χ0n) is 14.7. The van der Waals surface area contributed by atoms with Gasteiger partial charge in [-0.1, -0.05) is 30.3 Å². The van der Waals surface area contributed by atoms with Crippen molar-refractivity contribution in [3.63, 3.8) is 0 Å². The number of nitrogens with one attached hydrogen (secondary N) is 1. The van der Waals surface area contributed by atoms with Crippen LogP contribution in [0.2, 0.25) is 0 Å². The Bertz CT molecular complexity index is 731. The Balaban J connectivity index is 1.62. The third-order valence-electron chi connectivity index (χ3n) is 3.82. The van der Waals surface area contributed by atoms with E-state index >= 15 is 0 Å².